The Morgan fingerprint density at radius 3 is 3.05 bits per heavy atom. The highest BCUT2D eigenvalue weighted by Crippen LogP contribution is 2.19. The van der Waals surface area contributed by atoms with Crippen molar-refractivity contribution in [1.82, 2.24) is 20.1 Å². The standard InChI is InChI=1S/C15H13BrN4OS/c16-13-6-12(7-17-8-13)15(21)18-9-14(11-2-5-22-10-11)20-4-1-3-19-20/h1-8,10,14H,9H2,(H,18,21)/t14-/m0/s1. The van der Waals surface area contributed by atoms with Gasteiger partial charge in [0.2, 0.25) is 0 Å². The summed E-state index contributed by atoms with van der Waals surface area (Å²) in [6.07, 6.45) is 6.83. The smallest absolute Gasteiger partial charge is 0.252 e. The third-order valence-electron chi connectivity index (χ3n) is 3.20. The number of aromatic nitrogens is 3. The number of thiophene rings is 1. The van der Waals surface area contributed by atoms with E-state index in [1.807, 2.05) is 28.4 Å². The first-order chi connectivity index (χ1) is 10.7. The van der Waals surface area contributed by atoms with Crippen LogP contribution in [0.3, 0.4) is 0 Å². The van der Waals surface area contributed by atoms with E-state index in [1.54, 1.807) is 36.0 Å². The zero-order valence-electron chi connectivity index (χ0n) is 11.5. The average molecular weight is 377 g/mol. The fourth-order valence-electron chi connectivity index (χ4n) is 2.12. The lowest BCUT2D eigenvalue weighted by atomic mass is 10.1. The van der Waals surface area contributed by atoms with E-state index >= 15 is 0 Å². The van der Waals surface area contributed by atoms with Crippen LogP contribution in [0.4, 0.5) is 0 Å². The molecule has 5 nitrogen and oxygen atoms in total. The van der Waals surface area contributed by atoms with Crippen LogP contribution >= 0.6 is 27.3 Å². The number of pyridine rings is 1. The molecule has 0 saturated heterocycles. The third-order valence-corrected chi connectivity index (χ3v) is 4.33. The Hall–Kier alpha value is -1.99. The number of halogens is 1. The van der Waals surface area contributed by atoms with Gasteiger partial charge in [0.1, 0.15) is 0 Å². The Morgan fingerprint density at radius 2 is 2.36 bits per heavy atom. The number of hydrogen-bond acceptors (Lipinski definition) is 4. The van der Waals surface area contributed by atoms with Crippen LogP contribution in [-0.2, 0) is 0 Å². The van der Waals surface area contributed by atoms with Crippen molar-refractivity contribution in [3.8, 4) is 0 Å². The van der Waals surface area contributed by atoms with Gasteiger partial charge in [-0.2, -0.15) is 16.4 Å². The molecule has 3 aromatic rings. The van der Waals surface area contributed by atoms with Gasteiger partial charge in [-0.05, 0) is 50.5 Å². The summed E-state index contributed by atoms with van der Waals surface area (Å²) in [7, 11) is 0. The predicted molar refractivity (Wildman–Crippen MR) is 89.0 cm³/mol. The maximum Gasteiger partial charge on any atom is 0.252 e. The molecule has 3 rings (SSSR count). The zero-order valence-corrected chi connectivity index (χ0v) is 13.9. The normalized spacial score (nSPS) is 12.0. The maximum atomic E-state index is 12.2. The van der Waals surface area contributed by atoms with E-state index in [0.717, 1.165) is 10.0 Å². The van der Waals surface area contributed by atoms with E-state index < -0.39 is 0 Å². The lowest BCUT2D eigenvalue weighted by Crippen LogP contribution is -2.31. The van der Waals surface area contributed by atoms with Crippen LogP contribution in [0.1, 0.15) is 22.0 Å². The van der Waals surface area contributed by atoms with E-state index in [1.165, 1.54) is 0 Å². The predicted octanol–water partition coefficient (Wildman–Crippen LogP) is 3.12. The second-order valence-corrected chi connectivity index (χ2v) is 6.36. The summed E-state index contributed by atoms with van der Waals surface area (Å²) >= 11 is 4.95. The van der Waals surface area contributed by atoms with Crippen molar-refractivity contribution >= 4 is 33.2 Å². The largest absolute Gasteiger partial charge is 0.349 e. The van der Waals surface area contributed by atoms with E-state index in [-0.39, 0.29) is 11.9 Å². The molecule has 0 radical (unpaired) electrons. The van der Waals surface area contributed by atoms with Crippen LogP contribution in [0.15, 0.2) is 58.2 Å². The fourth-order valence-corrected chi connectivity index (χ4v) is 3.19. The highest BCUT2D eigenvalue weighted by atomic mass is 79.9. The number of hydrogen-bond donors (Lipinski definition) is 1. The summed E-state index contributed by atoms with van der Waals surface area (Å²) in [5, 5.41) is 11.3. The van der Waals surface area contributed by atoms with Crippen LogP contribution in [0.2, 0.25) is 0 Å². The lowest BCUT2D eigenvalue weighted by molar-refractivity contribution is 0.0949. The monoisotopic (exact) mass is 376 g/mol. The molecule has 3 heterocycles. The Kier molecular flexibility index (Phi) is 4.65. The van der Waals surface area contributed by atoms with Gasteiger partial charge in [0, 0.05) is 35.8 Å². The van der Waals surface area contributed by atoms with E-state index in [9.17, 15) is 4.79 Å². The molecule has 0 aliphatic heterocycles. The first kappa shape index (κ1) is 14.9. The van der Waals surface area contributed by atoms with Gasteiger partial charge in [0.05, 0.1) is 11.6 Å². The Labute approximate surface area is 140 Å². The van der Waals surface area contributed by atoms with Crippen molar-refractivity contribution in [2.75, 3.05) is 6.54 Å². The third kappa shape index (κ3) is 3.42. The number of nitrogens with zero attached hydrogens (tertiary/aromatic N) is 3. The highest BCUT2D eigenvalue weighted by molar-refractivity contribution is 9.10. The molecule has 0 aliphatic carbocycles. The molecular weight excluding hydrogens is 364 g/mol. The topological polar surface area (TPSA) is 59.8 Å². The minimum absolute atomic E-state index is 0.0229. The van der Waals surface area contributed by atoms with Gasteiger partial charge in [0.15, 0.2) is 0 Å². The van der Waals surface area contributed by atoms with Crippen LogP contribution in [0, 0.1) is 0 Å². The number of rotatable bonds is 5. The molecule has 0 aliphatic rings. The molecule has 3 aromatic heterocycles. The van der Waals surface area contributed by atoms with Gasteiger partial charge < -0.3 is 5.32 Å². The van der Waals surface area contributed by atoms with E-state index in [2.05, 4.69) is 36.7 Å². The summed E-state index contributed by atoms with van der Waals surface area (Å²) in [5.41, 5.74) is 1.65. The van der Waals surface area contributed by atoms with Crippen molar-refractivity contribution in [3.05, 3.63) is 69.3 Å². The van der Waals surface area contributed by atoms with Crippen molar-refractivity contribution in [3.63, 3.8) is 0 Å². The SMILES string of the molecule is O=C(NC[C@@H](c1ccsc1)n1cccn1)c1cncc(Br)c1. The molecule has 7 heteroatoms. The van der Waals surface area contributed by atoms with Crippen molar-refractivity contribution < 1.29 is 4.79 Å². The molecule has 0 aromatic carbocycles. The number of amides is 1. The second-order valence-electron chi connectivity index (χ2n) is 4.66. The zero-order chi connectivity index (χ0) is 15.4. The first-order valence-corrected chi connectivity index (χ1v) is 8.37. The molecule has 0 unspecified atom stereocenters. The maximum absolute atomic E-state index is 12.2. The van der Waals surface area contributed by atoms with E-state index in [4.69, 9.17) is 0 Å². The molecule has 0 saturated carbocycles. The molecule has 0 bridgehead atoms. The van der Waals surface area contributed by atoms with Crippen LogP contribution < -0.4 is 5.32 Å². The molecule has 1 atom stereocenters. The van der Waals surface area contributed by atoms with Gasteiger partial charge in [-0.1, -0.05) is 0 Å². The Balaban J connectivity index is 1.73. The minimum atomic E-state index is -0.152. The summed E-state index contributed by atoms with van der Waals surface area (Å²) in [6.45, 7) is 0.462. The van der Waals surface area contributed by atoms with Gasteiger partial charge in [-0.25, -0.2) is 0 Å². The summed E-state index contributed by atoms with van der Waals surface area (Å²) in [5.74, 6) is -0.152. The summed E-state index contributed by atoms with van der Waals surface area (Å²) in [6, 6.07) is 5.64. The molecule has 112 valence electrons. The molecule has 22 heavy (non-hydrogen) atoms. The first-order valence-electron chi connectivity index (χ1n) is 6.64. The number of nitrogens with one attached hydrogen (secondary N) is 1. The Bertz CT molecular complexity index is 709. The van der Waals surface area contributed by atoms with Crippen molar-refractivity contribution in [1.29, 1.82) is 0 Å². The van der Waals surface area contributed by atoms with Crippen molar-refractivity contribution in [2.24, 2.45) is 0 Å². The Morgan fingerprint density at radius 1 is 1.45 bits per heavy atom. The average Bonchev–Trinajstić information content (AvgIpc) is 3.21. The molecular formula is C15H13BrN4OS. The van der Waals surface area contributed by atoms with Crippen LogP contribution in [-0.4, -0.2) is 27.2 Å². The number of carbonyl (C=O) groups excluding carboxylic acids is 1. The molecule has 0 fully saturated rings. The van der Waals surface area contributed by atoms with E-state index in [0.29, 0.717) is 12.1 Å². The van der Waals surface area contributed by atoms with Crippen LogP contribution in [0.5, 0.6) is 0 Å². The van der Waals surface area contributed by atoms with Gasteiger partial charge in [-0.15, -0.1) is 0 Å². The quantitative estimate of drug-likeness (QED) is 0.743. The second kappa shape index (κ2) is 6.85. The van der Waals surface area contributed by atoms with Gasteiger partial charge >= 0.3 is 0 Å². The highest BCUT2D eigenvalue weighted by Gasteiger charge is 2.16. The minimum Gasteiger partial charge on any atom is -0.349 e. The molecule has 1 amide bonds. The van der Waals surface area contributed by atoms with Gasteiger partial charge in [-0.3, -0.25) is 14.5 Å². The number of carbonyl (C=O) groups is 1. The van der Waals surface area contributed by atoms with Gasteiger partial charge in [0.25, 0.3) is 5.91 Å². The van der Waals surface area contributed by atoms with Crippen LogP contribution in [0.25, 0.3) is 0 Å². The fraction of sp³-hybridized carbons (Fsp3) is 0.133. The lowest BCUT2D eigenvalue weighted by Gasteiger charge is -2.17. The summed E-state index contributed by atoms with van der Waals surface area (Å²) in [4.78, 5) is 16.3. The molecule has 1 N–H and O–H groups in total. The van der Waals surface area contributed by atoms with Crippen molar-refractivity contribution in [2.45, 2.75) is 6.04 Å². The summed E-state index contributed by atoms with van der Waals surface area (Å²) < 4.78 is 2.63. The molecule has 0 spiro atoms.